The van der Waals surface area contributed by atoms with Crippen LogP contribution in [0.3, 0.4) is 0 Å². The van der Waals surface area contributed by atoms with Crippen molar-refractivity contribution in [2.75, 3.05) is 19.7 Å². The van der Waals surface area contributed by atoms with Crippen LogP contribution in [0.25, 0.3) is 0 Å². The number of esters is 1. The van der Waals surface area contributed by atoms with Crippen LogP contribution in [-0.2, 0) is 20.9 Å². The van der Waals surface area contributed by atoms with E-state index < -0.39 is 5.97 Å². The molecule has 1 aliphatic rings. The molecule has 2 aromatic carbocycles. The predicted octanol–water partition coefficient (Wildman–Crippen LogP) is 2.65. The number of ether oxygens (including phenoxy) is 1. The fourth-order valence-electron chi connectivity index (χ4n) is 3.31. The lowest BCUT2D eigenvalue weighted by atomic mass is 10.1. The van der Waals surface area contributed by atoms with Gasteiger partial charge in [0.1, 0.15) is 0 Å². The SMILES string of the molecule is CCN(Cc1ccccc1)C(=O)COC(=O)CCCN1C(=O)c2ccccc2C1=O. The summed E-state index contributed by atoms with van der Waals surface area (Å²) in [4.78, 5) is 51.7. The average molecular weight is 408 g/mol. The molecule has 0 aromatic heterocycles. The highest BCUT2D eigenvalue weighted by Crippen LogP contribution is 2.22. The Balaban J connectivity index is 1.41. The van der Waals surface area contributed by atoms with Crippen LogP contribution in [0.4, 0.5) is 0 Å². The van der Waals surface area contributed by atoms with Gasteiger partial charge < -0.3 is 9.64 Å². The molecule has 30 heavy (non-hydrogen) atoms. The number of hydrogen-bond donors (Lipinski definition) is 0. The Kier molecular flexibility index (Phi) is 6.95. The van der Waals surface area contributed by atoms with Crippen molar-refractivity contribution in [1.29, 1.82) is 0 Å². The van der Waals surface area contributed by atoms with E-state index in [-0.39, 0.29) is 43.7 Å². The molecule has 0 atom stereocenters. The molecule has 0 N–H and O–H groups in total. The number of rotatable bonds is 9. The first-order valence-corrected chi connectivity index (χ1v) is 9.93. The molecule has 0 spiro atoms. The Hall–Kier alpha value is -3.48. The minimum Gasteiger partial charge on any atom is -0.456 e. The second-order valence-corrected chi connectivity index (χ2v) is 6.97. The molecule has 1 heterocycles. The summed E-state index contributed by atoms with van der Waals surface area (Å²) in [5.74, 6) is -1.50. The normalized spacial score (nSPS) is 12.6. The molecule has 0 unspecified atom stereocenters. The number of nitrogens with zero attached hydrogens (tertiary/aromatic N) is 2. The van der Waals surface area contributed by atoms with E-state index in [0.717, 1.165) is 10.5 Å². The molecule has 1 aliphatic heterocycles. The van der Waals surface area contributed by atoms with Gasteiger partial charge in [0.15, 0.2) is 6.61 Å². The minimum atomic E-state index is -0.532. The van der Waals surface area contributed by atoms with Gasteiger partial charge in [-0.05, 0) is 31.0 Å². The number of fused-ring (bicyclic) bond motifs is 1. The third kappa shape index (κ3) is 4.92. The van der Waals surface area contributed by atoms with Gasteiger partial charge in [0, 0.05) is 26.1 Å². The van der Waals surface area contributed by atoms with Gasteiger partial charge in [-0.25, -0.2) is 0 Å². The standard InChI is InChI=1S/C23H24N2O5/c1-2-24(15-17-9-4-3-5-10-17)20(26)16-30-21(27)13-8-14-25-22(28)18-11-6-7-12-19(18)23(25)29/h3-7,9-12H,2,8,13-16H2,1H3. The minimum absolute atomic E-state index is 0.0193. The van der Waals surface area contributed by atoms with E-state index in [0.29, 0.717) is 24.2 Å². The third-order valence-electron chi connectivity index (χ3n) is 4.95. The fraction of sp³-hybridized carbons (Fsp3) is 0.304. The van der Waals surface area contributed by atoms with Crippen molar-refractivity contribution in [2.24, 2.45) is 0 Å². The van der Waals surface area contributed by atoms with E-state index in [4.69, 9.17) is 4.74 Å². The maximum atomic E-state index is 12.3. The van der Waals surface area contributed by atoms with Crippen molar-refractivity contribution in [3.8, 4) is 0 Å². The molecular weight excluding hydrogens is 384 g/mol. The molecule has 7 heteroatoms. The van der Waals surface area contributed by atoms with Crippen molar-refractivity contribution in [1.82, 2.24) is 9.80 Å². The molecule has 0 aliphatic carbocycles. The van der Waals surface area contributed by atoms with Crippen LogP contribution >= 0.6 is 0 Å². The van der Waals surface area contributed by atoms with E-state index in [2.05, 4.69) is 0 Å². The monoisotopic (exact) mass is 408 g/mol. The van der Waals surface area contributed by atoms with E-state index in [9.17, 15) is 19.2 Å². The van der Waals surface area contributed by atoms with Crippen molar-refractivity contribution >= 4 is 23.7 Å². The lowest BCUT2D eigenvalue weighted by Gasteiger charge is -2.21. The highest BCUT2D eigenvalue weighted by Gasteiger charge is 2.34. The second-order valence-electron chi connectivity index (χ2n) is 6.97. The molecular formula is C23H24N2O5. The summed E-state index contributed by atoms with van der Waals surface area (Å²) < 4.78 is 5.09. The highest BCUT2D eigenvalue weighted by molar-refractivity contribution is 6.21. The lowest BCUT2D eigenvalue weighted by molar-refractivity contribution is -0.152. The van der Waals surface area contributed by atoms with E-state index in [1.807, 2.05) is 37.3 Å². The van der Waals surface area contributed by atoms with Crippen LogP contribution in [0.2, 0.25) is 0 Å². The van der Waals surface area contributed by atoms with Crippen molar-refractivity contribution < 1.29 is 23.9 Å². The molecule has 3 rings (SSSR count). The van der Waals surface area contributed by atoms with Gasteiger partial charge in [-0.3, -0.25) is 24.1 Å². The third-order valence-corrected chi connectivity index (χ3v) is 4.95. The molecule has 0 radical (unpaired) electrons. The quantitative estimate of drug-likeness (QED) is 0.471. The lowest BCUT2D eigenvalue weighted by Crippen LogP contribution is -2.34. The Morgan fingerprint density at radius 3 is 2.13 bits per heavy atom. The van der Waals surface area contributed by atoms with Crippen molar-refractivity contribution in [3.63, 3.8) is 0 Å². The first-order valence-electron chi connectivity index (χ1n) is 9.93. The summed E-state index contributed by atoms with van der Waals surface area (Å²) >= 11 is 0. The van der Waals surface area contributed by atoms with Gasteiger partial charge >= 0.3 is 5.97 Å². The molecule has 0 saturated heterocycles. The van der Waals surface area contributed by atoms with Crippen LogP contribution < -0.4 is 0 Å². The van der Waals surface area contributed by atoms with Gasteiger partial charge in [-0.1, -0.05) is 42.5 Å². The summed E-state index contributed by atoms with van der Waals surface area (Å²) in [6.45, 7) is 2.63. The number of imide groups is 1. The first-order chi connectivity index (χ1) is 14.5. The molecule has 0 saturated carbocycles. The zero-order valence-corrected chi connectivity index (χ0v) is 16.9. The summed E-state index contributed by atoms with van der Waals surface area (Å²) in [6.07, 6.45) is 0.297. The van der Waals surface area contributed by atoms with Crippen LogP contribution in [0.5, 0.6) is 0 Å². The Labute approximate surface area is 175 Å². The Morgan fingerprint density at radius 2 is 1.53 bits per heavy atom. The molecule has 7 nitrogen and oxygen atoms in total. The maximum absolute atomic E-state index is 12.3. The number of amides is 3. The molecule has 0 fully saturated rings. The molecule has 156 valence electrons. The number of likely N-dealkylation sites (N-methyl/N-ethyl adjacent to an activating group) is 1. The van der Waals surface area contributed by atoms with Gasteiger partial charge in [0.05, 0.1) is 11.1 Å². The number of hydrogen-bond acceptors (Lipinski definition) is 5. The smallest absolute Gasteiger partial charge is 0.306 e. The Bertz CT molecular complexity index is 907. The zero-order chi connectivity index (χ0) is 21.5. The van der Waals surface area contributed by atoms with Crippen molar-refractivity contribution in [3.05, 3.63) is 71.3 Å². The summed E-state index contributed by atoms with van der Waals surface area (Å²) in [5, 5.41) is 0. The van der Waals surface area contributed by atoms with Gasteiger partial charge in [0.2, 0.25) is 0 Å². The van der Waals surface area contributed by atoms with E-state index >= 15 is 0 Å². The summed E-state index contributed by atoms with van der Waals surface area (Å²) in [6, 6.07) is 16.2. The average Bonchev–Trinajstić information content (AvgIpc) is 3.01. The van der Waals surface area contributed by atoms with E-state index in [1.54, 1.807) is 29.2 Å². The molecule has 2 aromatic rings. The highest BCUT2D eigenvalue weighted by atomic mass is 16.5. The molecule has 3 amide bonds. The van der Waals surface area contributed by atoms with Crippen LogP contribution in [-0.4, -0.2) is 53.2 Å². The second kappa shape index (κ2) is 9.82. The van der Waals surface area contributed by atoms with E-state index in [1.165, 1.54) is 0 Å². The van der Waals surface area contributed by atoms with Crippen LogP contribution in [0.1, 0.15) is 46.0 Å². The molecule has 0 bridgehead atoms. The summed E-state index contributed by atoms with van der Waals surface area (Å²) in [7, 11) is 0. The van der Waals surface area contributed by atoms with Gasteiger partial charge in [-0.2, -0.15) is 0 Å². The number of carbonyl (C=O) groups excluding carboxylic acids is 4. The zero-order valence-electron chi connectivity index (χ0n) is 16.9. The van der Waals surface area contributed by atoms with Gasteiger partial charge in [-0.15, -0.1) is 0 Å². The van der Waals surface area contributed by atoms with Crippen LogP contribution in [0.15, 0.2) is 54.6 Å². The predicted molar refractivity (Wildman–Crippen MR) is 110 cm³/mol. The Morgan fingerprint density at radius 1 is 0.933 bits per heavy atom. The largest absolute Gasteiger partial charge is 0.456 e. The maximum Gasteiger partial charge on any atom is 0.306 e. The number of benzene rings is 2. The number of carbonyl (C=O) groups is 4. The van der Waals surface area contributed by atoms with Crippen LogP contribution in [0, 0.1) is 0 Å². The fourth-order valence-corrected chi connectivity index (χ4v) is 3.31. The first kappa shape index (κ1) is 21.2. The summed E-state index contributed by atoms with van der Waals surface area (Å²) in [5.41, 5.74) is 1.77. The van der Waals surface area contributed by atoms with Gasteiger partial charge in [0.25, 0.3) is 17.7 Å². The topological polar surface area (TPSA) is 84.0 Å². The van der Waals surface area contributed by atoms with Crippen molar-refractivity contribution in [2.45, 2.75) is 26.3 Å².